The van der Waals surface area contributed by atoms with E-state index in [-0.39, 0.29) is 11.8 Å². The molecule has 0 N–H and O–H groups in total. The molecule has 6 heteroatoms. The van der Waals surface area contributed by atoms with E-state index in [1.54, 1.807) is 0 Å². The van der Waals surface area contributed by atoms with E-state index in [1.165, 1.54) is 12.8 Å². The van der Waals surface area contributed by atoms with Gasteiger partial charge in [-0.25, -0.2) is 9.97 Å². The topological polar surface area (TPSA) is 49.3 Å². The summed E-state index contributed by atoms with van der Waals surface area (Å²) in [5.74, 6) is 1.73. The van der Waals surface area contributed by atoms with Crippen LogP contribution in [-0.2, 0) is 4.79 Å². The maximum atomic E-state index is 13.3. The zero-order valence-electron chi connectivity index (χ0n) is 16.6. The summed E-state index contributed by atoms with van der Waals surface area (Å²) in [4.78, 5) is 26.7. The standard InChI is InChI=1S/C22H27ClN4O/c1-15-13-16(2)25-22(24-15)26-11-9-18(10-12-26)21(28)27(14-17-3-4-17)20-7-5-19(23)6-8-20/h5-8,13,17-18H,3-4,9-12,14H2,1-2H3. The van der Waals surface area contributed by atoms with Gasteiger partial charge in [0.15, 0.2) is 0 Å². The zero-order chi connectivity index (χ0) is 19.7. The number of benzene rings is 1. The van der Waals surface area contributed by atoms with Gasteiger partial charge in [-0.15, -0.1) is 0 Å². The van der Waals surface area contributed by atoms with Crippen LogP contribution in [0, 0.1) is 25.7 Å². The Morgan fingerprint density at radius 2 is 1.68 bits per heavy atom. The van der Waals surface area contributed by atoms with E-state index in [2.05, 4.69) is 14.9 Å². The molecule has 0 atom stereocenters. The number of piperidine rings is 1. The number of anilines is 2. The van der Waals surface area contributed by atoms with Crippen molar-refractivity contribution < 1.29 is 4.79 Å². The first-order chi connectivity index (χ1) is 13.5. The Bertz CT molecular complexity index is 822. The van der Waals surface area contributed by atoms with Crippen molar-refractivity contribution in [1.82, 2.24) is 9.97 Å². The summed E-state index contributed by atoms with van der Waals surface area (Å²) in [6.45, 7) is 6.45. The summed E-state index contributed by atoms with van der Waals surface area (Å²) in [6.07, 6.45) is 4.12. The second kappa shape index (κ2) is 8.08. The van der Waals surface area contributed by atoms with Gasteiger partial charge in [-0.2, -0.15) is 0 Å². The van der Waals surface area contributed by atoms with E-state index in [0.717, 1.165) is 55.5 Å². The minimum Gasteiger partial charge on any atom is -0.341 e. The predicted octanol–water partition coefficient (Wildman–Crippen LogP) is 4.41. The highest BCUT2D eigenvalue weighted by Crippen LogP contribution is 2.33. The van der Waals surface area contributed by atoms with Gasteiger partial charge < -0.3 is 9.80 Å². The van der Waals surface area contributed by atoms with Crippen molar-refractivity contribution in [2.24, 2.45) is 11.8 Å². The molecule has 2 aromatic rings. The average molecular weight is 399 g/mol. The quantitative estimate of drug-likeness (QED) is 0.748. The van der Waals surface area contributed by atoms with Crippen LogP contribution in [0.25, 0.3) is 0 Å². The molecular weight excluding hydrogens is 372 g/mol. The highest BCUT2D eigenvalue weighted by Gasteiger charge is 2.33. The molecule has 2 aliphatic rings. The number of halogens is 1. The molecule has 0 bridgehead atoms. The van der Waals surface area contributed by atoms with Gasteiger partial charge in [-0.1, -0.05) is 11.6 Å². The summed E-state index contributed by atoms with van der Waals surface area (Å²) in [5, 5.41) is 0.698. The van der Waals surface area contributed by atoms with Crippen LogP contribution in [-0.4, -0.2) is 35.5 Å². The third kappa shape index (κ3) is 4.46. The molecule has 1 saturated heterocycles. The van der Waals surface area contributed by atoms with E-state index in [0.29, 0.717) is 10.9 Å². The largest absolute Gasteiger partial charge is 0.341 e. The first-order valence-electron chi connectivity index (χ1n) is 10.1. The van der Waals surface area contributed by atoms with E-state index < -0.39 is 0 Å². The number of aromatic nitrogens is 2. The Hall–Kier alpha value is -2.14. The summed E-state index contributed by atoms with van der Waals surface area (Å²) in [7, 11) is 0. The summed E-state index contributed by atoms with van der Waals surface area (Å²) in [5.41, 5.74) is 2.93. The number of amides is 1. The van der Waals surface area contributed by atoms with Crippen LogP contribution >= 0.6 is 11.6 Å². The van der Waals surface area contributed by atoms with Gasteiger partial charge in [0, 0.05) is 47.7 Å². The Morgan fingerprint density at radius 3 is 2.25 bits per heavy atom. The molecule has 1 aromatic heterocycles. The second-order valence-electron chi connectivity index (χ2n) is 8.08. The number of hydrogen-bond acceptors (Lipinski definition) is 4. The second-order valence-corrected chi connectivity index (χ2v) is 8.52. The lowest BCUT2D eigenvalue weighted by molar-refractivity contribution is -0.123. The molecule has 1 aromatic carbocycles. The monoisotopic (exact) mass is 398 g/mol. The molecule has 28 heavy (non-hydrogen) atoms. The SMILES string of the molecule is Cc1cc(C)nc(N2CCC(C(=O)N(CC3CC3)c3ccc(Cl)cc3)CC2)n1. The molecule has 1 aliphatic heterocycles. The molecule has 0 radical (unpaired) electrons. The third-order valence-corrected chi connectivity index (χ3v) is 5.89. The maximum absolute atomic E-state index is 13.3. The fourth-order valence-corrected chi connectivity index (χ4v) is 4.02. The summed E-state index contributed by atoms with van der Waals surface area (Å²) < 4.78 is 0. The molecule has 0 unspecified atom stereocenters. The van der Waals surface area contributed by atoms with Crippen molar-refractivity contribution in [2.45, 2.75) is 39.5 Å². The van der Waals surface area contributed by atoms with Crippen LogP contribution in [0.3, 0.4) is 0 Å². The highest BCUT2D eigenvalue weighted by molar-refractivity contribution is 6.30. The lowest BCUT2D eigenvalue weighted by Crippen LogP contribution is -2.44. The Morgan fingerprint density at radius 1 is 1.07 bits per heavy atom. The predicted molar refractivity (Wildman–Crippen MR) is 113 cm³/mol. The molecule has 1 saturated carbocycles. The molecule has 2 heterocycles. The normalized spacial score (nSPS) is 17.6. The number of carbonyl (C=O) groups is 1. The van der Waals surface area contributed by atoms with E-state index in [1.807, 2.05) is 49.1 Å². The molecular formula is C22H27ClN4O. The molecule has 148 valence electrons. The van der Waals surface area contributed by atoms with Crippen molar-refractivity contribution in [3.05, 3.63) is 46.7 Å². The van der Waals surface area contributed by atoms with Crippen molar-refractivity contribution in [3.63, 3.8) is 0 Å². The van der Waals surface area contributed by atoms with Gasteiger partial charge in [0.2, 0.25) is 11.9 Å². The number of hydrogen-bond donors (Lipinski definition) is 0. The lowest BCUT2D eigenvalue weighted by Gasteiger charge is -2.34. The van der Waals surface area contributed by atoms with E-state index >= 15 is 0 Å². The minimum atomic E-state index is 0.0524. The number of carbonyl (C=O) groups excluding carboxylic acids is 1. The number of rotatable bonds is 5. The Balaban J connectivity index is 1.44. The van der Waals surface area contributed by atoms with Gasteiger partial charge in [0.05, 0.1) is 0 Å². The van der Waals surface area contributed by atoms with Gasteiger partial charge in [-0.3, -0.25) is 4.79 Å². The Labute approximate surface area is 171 Å². The zero-order valence-corrected chi connectivity index (χ0v) is 17.3. The molecule has 0 spiro atoms. The molecule has 1 amide bonds. The summed E-state index contributed by atoms with van der Waals surface area (Å²) in [6, 6.07) is 9.64. The third-order valence-electron chi connectivity index (χ3n) is 5.64. The fourth-order valence-electron chi connectivity index (χ4n) is 3.90. The van der Waals surface area contributed by atoms with Crippen LogP contribution in [0.15, 0.2) is 30.3 Å². The average Bonchev–Trinajstić information content (AvgIpc) is 3.50. The van der Waals surface area contributed by atoms with Crippen molar-refractivity contribution in [2.75, 3.05) is 29.4 Å². The molecule has 5 nitrogen and oxygen atoms in total. The Kier molecular flexibility index (Phi) is 5.54. The number of nitrogens with zero attached hydrogens (tertiary/aromatic N) is 4. The first kappa shape index (κ1) is 19.2. The van der Waals surface area contributed by atoms with Gasteiger partial charge in [0.25, 0.3) is 0 Å². The molecule has 2 fully saturated rings. The van der Waals surface area contributed by atoms with Crippen LogP contribution in [0.2, 0.25) is 5.02 Å². The van der Waals surface area contributed by atoms with E-state index in [4.69, 9.17) is 11.6 Å². The van der Waals surface area contributed by atoms with Gasteiger partial charge in [0.1, 0.15) is 0 Å². The first-order valence-corrected chi connectivity index (χ1v) is 10.5. The molecule has 1 aliphatic carbocycles. The van der Waals surface area contributed by atoms with Crippen LogP contribution in [0.5, 0.6) is 0 Å². The van der Waals surface area contributed by atoms with Crippen molar-refractivity contribution in [3.8, 4) is 0 Å². The van der Waals surface area contributed by atoms with Gasteiger partial charge >= 0.3 is 0 Å². The minimum absolute atomic E-state index is 0.0524. The van der Waals surface area contributed by atoms with Crippen molar-refractivity contribution >= 4 is 29.1 Å². The fraction of sp³-hybridized carbons (Fsp3) is 0.500. The van der Waals surface area contributed by atoms with Gasteiger partial charge in [-0.05, 0) is 75.8 Å². The smallest absolute Gasteiger partial charge is 0.230 e. The van der Waals surface area contributed by atoms with Crippen LogP contribution < -0.4 is 9.80 Å². The molecule has 4 rings (SSSR count). The number of aryl methyl sites for hydroxylation is 2. The summed E-state index contributed by atoms with van der Waals surface area (Å²) >= 11 is 6.04. The maximum Gasteiger partial charge on any atom is 0.230 e. The van der Waals surface area contributed by atoms with Crippen LogP contribution in [0.1, 0.15) is 37.1 Å². The highest BCUT2D eigenvalue weighted by atomic mass is 35.5. The van der Waals surface area contributed by atoms with E-state index in [9.17, 15) is 4.79 Å². The van der Waals surface area contributed by atoms with Crippen molar-refractivity contribution in [1.29, 1.82) is 0 Å². The lowest BCUT2D eigenvalue weighted by atomic mass is 9.95. The van der Waals surface area contributed by atoms with Crippen LogP contribution in [0.4, 0.5) is 11.6 Å².